The van der Waals surface area contributed by atoms with Crippen LogP contribution >= 0.6 is 24.8 Å². The topological polar surface area (TPSA) is 116 Å². The number of carbonyl (C=O) groups is 2. The van der Waals surface area contributed by atoms with Gasteiger partial charge in [0.05, 0.1) is 0 Å². The van der Waals surface area contributed by atoms with Crippen molar-refractivity contribution < 1.29 is 19.1 Å². The molecule has 1 fully saturated rings. The molecule has 30 heavy (non-hydrogen) atoms. The number of ether oxygens (including phenoxy) is 2. The fourth-order valence-corrected chi connectivity index (χ4v) is 2.86. The van der Waals surface area contributed by atoms with E-state index in [4.69, 9.17) is 15.2 Å². The van der Waals surface area contributed by atoms with Crippen molar-refractivity contribution in [3.63, 3.8) is 0 Å². The first-order valence-electron chi connectivity index (χ1n) is 9.06. The monoisotopic (exact) mass is 456 g/mol. The molecule has 1 aromatic carbocycles. The van der Waals surface area contributed by atoms with Crippen molar-refractivity contribution in [3.8, 4) is 11.5 Å². The quantitative estimate of drug-likeness (QED) is 0.636. The molecule has 1 aromatic heterocycles. The summed E-state index contributed by atoms with van der Waals surface area (Å²) in [5, 5.41) is 5.39. The number of anilines is 1. The van der Waals surface area contributed by atoms with E-state index < -0.39 is 5.54 Å². The van der Waals surface area contributed by atoms with Gasteiger partial charge in [0.2, 0.25) is 5.91 Å². The highest BCUT2D eigenvalue weighted by Crippen LogP contribution is 2.29. The lowest BCUT2D eigenvalue weighted by Gasteiger charge is -2.31. The SMILES string of the molecule is CNC(=O)c1cc(Oc2cc(NC(=O)C3(N)CCOCC3)ccc2C)ccn1.Cl.Cl. The van der Waals surface area contributed by atoms with Gasteiger partial charge in [-0.05, 0) is 37.5 Å². The molecule has 0 atom stereocenters. The molecule has 0 spiro atoms. The third-order valence-electron chi connectivity index (χ3n) is 4.70. The minimum absolute atomic E-state index is 0. The number of halogens is 2. The number of aromatic nitrogens is 1. The maximum absolute atomic E-state index is 12.6. The van der Waals surface area contributed by atoms with Crippen molar-refractivity contribution in [3.05, 3.63) is 47.8 Å². The summed E-state index contributed by atoms with van der Waals surface area (Å²) in [5.41, 5.74) is 7.02. The van der Waals surface area contributed by atoms with Gasteiger partial charge in [-0.3, -0.25) is 14.6 Å². The Hall–Kier alpha value is -2.39. The first-order chi connectivity index (χ1) is 13.4. The number of nitrogens with one attached hydrogen (secondary N) is 2. The predicted octanol–water partition coefficient (Wildman–Crippen LogP) is 2.83. The van der Waals surface area contributed by atoms with Crippen LogP contribution in [-0.4, -0.2) is 42.6 Å². The first-order valence-corrected chi connectivity index (χ1v) is 9.06. The lowest BCUT2D eigenvalue weighted by atomic mass is 9.90. The standard InChI is InChI=1S/C20H24N4O4.2ClH/c1-13-3-4-14(24-19(26)20(21)6-9-27-10-7-20)11-17(13)28-15-5-8-23-16(12-15)18(25)22-2;;/h3-5,8,11-12H,6-7,9-10,21H2,1-2H3,(H,22,25)(H,24,26);2*1H. The summed E-state index contributed by atoms with van der Waals surface area (Å²) < 4.78 is 11.2. The van der Waals surface area contributed by atoms with E-state index in [9.17, 15) is 9.59 Å². The molecule has 0 unspecified atom stereocenters. The van der Waals surface area contributed by atoms with E-state index in [0.29, 0.717) is 43.2 Å². The molecule has 2 heterocycles. The highest BCUT2D eigenvalue weighted by Gasteiger charge is 2.35. The number of aryl methyl sites for hydroxylation is 1. The molecule has 1 saturated heterocycles. The van der Waals surface area contributed by atoms with Crippen molar-refractivity contribution >= 4 is 42.3 Å². The summed E-state index contributed by atoms with van der Waals surface area (Å²) in [6.07, 6.45) is 2.46. The van der Waals surface area contributed by atoms with Crippen molar-refractivity contribution in [2.24, 2.45) is 5.73 Å². The van der Waals surface area contributed by atoms with Gasteiger partial charge in [0.15, 0.2) is 0 Å². The van der Waals surface area contributed by atoms with Gasteiger partial charge in [-0.2, -0.15) is 0 Å². The second-order valence-corrected chi connectivity index (χ2v) is 6.76. The summed E-state index contributed by atoms with van der Waals surface area (Å²) >= 11 is 0. The third-order valence-corrected chi connectivity index (χ3v) is 4.70. The molecule has 4 N–H and O–H groups in total. The highest BCUT2D eigenvalue weighted by molar-refractivity contribution is 5.98. The number of nitrogens with two attached hydrogens (primary N) is 1. The van der Waals surface area contributed by atoms with E-state index in [-0.39, 0.29) is 42.3 Å². The van der Waals surface area contributed by atoms with E-state index in [1.165, 1.54) is 13.2 Å². The van der Waals surface area contributed by atoms with Crippen molar-refractivity contribution in [2.45, 2.75) is 25.3 Å². The molecule has 2 amide bonds. The average Bonchev–Trinajstić information content (AvgIpc) is 2.70. The van der Waals surface area contributed by atoms with Crippen LogP contribution < -0.4 is 21.1 Å². The normalized spacial score (nSPS) is 14.5. The summed E-state index contributed by atoms with van der Waals surface area (Å²) in [6, 6.07) is 8.59. The zero-order valence-electron chi connectivity index (χ0n) is 16.8. The smallest absolute Gasteiger partial charge is 0.269 e. The van der Waals surface area contributed by atoms with Gasteiger partial charge in [-0.25, -0.2) is 0 Å². The van der Waals surface area contributed by atoms with Crippen LogP contribution in [0.4, 0.5) is 5.69 Å². The van der Waals surface area contributed by atoms with Crippen molar-refractivity contribution in [1.29, 1.82) is 0 Å². The summed E-state index contributed by atoms with van der Waals surface area (Å²) in [5.74, 6) is 0.495. The summed E-state index contributed by atoms with van der Waals surface area (Å²) in [6.45, 7) is 2.84. The van der Waals surface area contributed by atoms with E-state index in [1.54, 1.807) is 24.3 Å². The molecule has 1 aliphatic rings. The number of hydrogen-bond donors (Lipinski definition) is 3. The second kappa shape index (κ2) is 11.1. The third kappa shape index (κ3) is 6.06. The van der Waals surface area contributed by atoms with Crippen molar-refractivity contribution in [2.75, 3.05) is 25.6 Å². The molecule has 1 aliphatic heterocycles. The van der Waals surface area contributed by atoms with Gasteiger partial charge < -0.3 is 25.8 Å². The molecule has 3 rings (SSSR count). The zero-order valence-corrected chi connectivity index (χ0v) is 18.4. The Morgan fingerprint density at radius 3 is 2.53 bits per heavy atom. The average molecular weight is 457 g/mol. The minimum Gasteiger partial charge on any atom is -0.457 e. The van der Waals surface area contributed by atoms with Crippen LogP contribution in [0.25, 0.3) is 0 Å². The number of hydrogen-bond acceptors (Lipinski definition) is 6. The Balaban J connectivity index is 0.00000225. The van der Waals surface area contributed by atoms with Crippen LogP contribution in [-0.2, 0) is 9.53 Å². The fourth-order valence-electron chi connectivity index (χ4n) is 2.86. The lowest BCUT2D eigenvalue weighted by molar-refractivity contribution is -0.124. The maximum atomic E-state index is 12.6. The molecule has 0 saturated carbocycles. The Bertz CT molecular complexity index is 889. The van der Waals surface area contributed by atoms with Crippen LogP contribution in [0.3, 0.4) is 0 Å². The van der Waals surface area contributed by atoms with Crippen LogP contribution in [0.2, 0.25) is 0 Å². The predicted molar refractivity (Wildman–Crippen MR) is 119 cm³/mol. The van der Waals surface area contributed by atoms with E-state index >= 15 is 0 Å². The lowest BCUT2D eigenvalue weighted by Crippen LogP contribution is -2.54. The molecule has 8 nitrogen and oxygen atoms in total. The summed E-state index contributed by atoms with van der Waals surface area (Å²) in [4.78, 5) is 28.4. The van der Waals surface area contributed by atoms with Crippen LogP contribution in [0.15, 0.2) is 36.5 Å². The number of carbonyl (C=O) groups excluding carboxylic acids is 2. The van der Waals surface area contributed by atoms with Gasteiger partial charge in [0, 0.05) is 44.3 Å². The minimum atomic E-state index is -0.933. The summed E-state index contributed by atoms with van der Waals surface area (Å²) in [7, 11) is 1.54. The maximum Gasteiger partial charge on any atom is 0.269 e. The number of amides is 2. The molecule has 2 aromatic rings. The Morgan fingerprint density at radius 1 is 1.17 bits per heavy atom. The van der Waals surface area contributed by atoms with E-state index in [0.717, 1.165) is 5.56 Å². The highest BCUT2D eigenvalue weighted by atomic mass is 35.5. The zero-order chi connectivity index (χ0) is 20.1. The van der Waals surface area contributed by atoms with Gasteiger partial charge >= 0.3 is 0 Å². The molecular formula is C20H26Cl2N4O4. The number of nitrogens with zero attached hydrogens (tertiary/aromatic N) is 1. The molecule has 10 heteroatoms. The van der Waals surface area contributed by atoms with E-state index in [2.05, 4.69) is 15.6 Å². The van der Waals surface area contributed by atoms with Gasteiger partial charge in [-0.1, -0.05) is 6.07 Å². The second-order valence-electron chi connectivity index (χ2n) is 6.76. The first kappa shape index (κ1) is 25.6. The van der Waals surface area contributed by atoms with Gasteiger partial charge in [-0.15, -0.1) is 24.8 Å². The van der Waals surface area contributed by atoms with Crippen molar-refractivity contribution in [1.82, 2.24) is 10.3 Å². The van der Waals surface area contributed by atoms with Gasteiger partial charge in [0.1, 0.15) is 22.7 Å². The number of rotatable bonds is 5. The molecule has 0 aliphatic carbocycles. The van der Waals surface area contributed by atoms with E-state index in [1.807, 2.05) is 13.0 Å². The van der Waals surface area contributed by atoms with Gasteiger partial charge in [0.25, 0.3) is 5.91 Å². The Morgan fingerprint density at radius 2 is 1.87 bits per heavy atom. The largest absolute Gasteiger partial charge is 0.457 e. The number of benzene rings is 1. The molecular weight excluding hydrogens is 431 g/mol. The van der Waals surface area contributed by atoms with Crippen LogP contribution in [0, 0.1) is 6.92 Å². The van der Waals surface area contributed by atoms with Crippen LogP contribution in [0.5, 0.6) is 11.5 Å². The molecule has 0 bridgehead atoms. The Kier molecular flexibility index (Phi) is 9.51. The fraction of sp³-hybridized carbons (Fsp3) is 0.350. The Labute approximate surface area is 187 Å². The molecule has 0 radical (unpaired) electrons. The molecule has 164 valence electrons. The number of pyridine rings is 1. The van der Waals surface area contributed by atoms with Crippen LogP contribution in [0.1, 0.15) is 28.9 Å².